The molecule has 0 spiro atoms. The first-order chi connectivity index (χ1) is 6.76. The lowest BCUT2D eigenvalue weighted by Crippen LogP contribution is -2.44. The Morgan fingerprint density at radius 1 is 1.57 bits per heavy atom. The predicted molar refractivity (Wildman–Crippen MR) is 64.0 cm³/mol. The maximum absolute atomic E-state index is 5.54. The summed E-state index contributed by atoms with van der Waals surface area (Å²) in [6.45, 7) is 5.36. The highest BCUT2D eigenvalue weighted by Gasteiger charge is 2.20. The molecule has 0 aromatic heterocycles. The number of hydrogen-bond acceptors (Lipinski definition) is 3. The molecule has 2 nitrogen and oxygen atoms in total. The van der Waals surface area contributed by atoms with Crippen molar-refractivity contribution in [3.8, 4) is 0 Å². The Morgan fingerprint density at radius 2 is 2.36 bits per heavy atom. The van der Waals surface area contributed by atoms with Gasteiger partial charge in [0.15, 0.2) is 0 Å². The molecular formula is C11H23NOS. The Bertz CT molecular complexity index is 154. The zero-order valence-electron chi connectivity index (χ0n) is 9.58. The van der Waals surface area contributed by atoms with Gasteiger partial charge in [0.25, 0.3) is 0 Å². The number of ether oxygens (including phenoxy) is 1. The van der Waals surface area contributed by atoms with Crippen molar-refractivity contribution >= 4 is 11.8 Å². The number of thioether (sulfide) groups is 1. The highest BCUT2D eigenvalue weighted by molar-refractivity contribution is 7.98. The molecule has 0 radical (unpaired) electrons. The number of rotatable bonds is 5. The second-order valence-electron chi connectivity index (χ2n) is 4.13. The number of nitrogens with one attached hydrogen (secondary N) is 1. The Morgan fingerprint density at radius 3 is 2.93 bits per heavy atom. The Hall–Kier alpha value is 0.270. The van der Waals surface area contributed by atoms with E-state index in [0.717, 1.165) is 6.61 Å². The first kappa shape index (κ1) is 12.3. The van der Waals surface area contributed by atoms with E-state index in [1.54, 1.807) is 0 Å². The van der Waals surface area contributed by atoms with Gasteiger partial charge >= 0.3 is 0 Å². The van der Waals surface area contributed by atoms with Gasteiger partial charge in [0, 0.05) is 24.4 Å². The standard InChI is InChI=1S/C11H23NOS/c1-4-10(8-14-3)12-11-5-6-13-9(2)7-11/h9-12H,4-8H2,1-3H3. The molecule has 1 saturated heterocycles. The van der Waals surface area contributed by atoms with Crippen molar-refractivity contribution in [1.29, 1.82) is 0 Å². The minimum Gasteiger partial charge on any atom is -0.378 e. The molecule has 0 aromatic carbocycles. The van der Waals surface area contributed by atoms with Crippen LogP contribution in [0.2, 0.25) is 0 Å². The fraction of sp³-hybridized carbons (Fsp3) is 1.00. The molecule has 0 amide bonds. The van der Waals surface area contributed by atoms with Crippen LogP contribution in [0.15, 0.2) is 0 Å². The quantitative estimate of drug-likeness (QED) is 0.763. The fourth-order valence-corrected chi connectivity index (χ4v) is 2.70. The van der Waals surface area contributed by atoms with Gasteiger partial charge in [0.2, 0.25) is 0 Å². The topological polar surface area (TPSA) is 21.3 Å². The van der Waals surface area contributed by atoms with Crippen LogP contribution in [0.4, 0.5) is 0 Å². The second-order valence-corrected chi connectivity index (χ2v) is 5.04. The molecule has 1 heterocycles. The van der Waals surface area contributed by atoms with Crippen LogP contribution >= 0.6 is 11.8 Å². The van der Waals surface area contributed by atoms with Crippen LogP contribution in [0.1, 0.15) is 33.1 Å². The lowest BCUT2D eigenvalue weighted by atomic mass is 10.0. The van der Waals surface area contributed by atoms with E-state index in [-0.39, 0.29) is 0 Å². The van der Waals surface area contributed by atoms with Gasteiger partial charge < -0.3 is 10.1 Å². The minimum absolute atomic E-state index is 0.438. The molecule has 1 aliphatic heterocycles. The van der Waals surface area contributed by atoms with Crippen molar-refractivity contribution in [3.05, 3.63) is 0 Å². The lowest BCUT2D eigenvalue weighted by Gasteiger charge is -2.31. The summed E-state index contributed by atoms with van der Waals surface area (Å²) >= 11 is 1.93. The average Bonchev–Trinajstić information content (AvgIpc) is 2.17. The molecule has 0 aromatic rings. The van der Waals surface area contributed by atoms with Crippen LogP contribution in [0.25, 0.3) is 0 Å². The van der Waals surface area contributed by atoms with Gasteiger partial charge in [-0.15, -0.1) is 0 Å². The molecule has 3 unspecified atom stereocenters. The summed E-state index contributed by atoms with van der Waals surface area (Å²) in [7, 11) is 0. The Labute approximate surface area is 92.2 Å². The smallest absolute Gasteiger partial charge is 0.0561 e. The zero-order valence-corrected chi connectivity index (χ0v) is 10.4. The molecule has 1 fully saturated rings. The molecule has 3 heteroatoms. The third-order valence-corrected chi connectivity index (χ3v) is 3.55. The zero-order chi connectivity index (χ0) is 10.4. The van der Waals surface area contributed by atoms with E-state index >= 15 is 0 Å². The van der Waals surface area contributed by atoms with E-state index in [9.17, 15) is 0 Å². The molecule has 84 valence electrons. The van der Waals surface area contributed by atoms with Crippen LogP contribution in [0, 0.1) is 0 Å². The van der Waals surface area contributed by atoms with Crippen molar-refractivity contribution in [1.82, 2.24) is 5.32 Å². The Balaban J connectivity index is 2.26. The summed E-state index contributed by atoms with van der Waals surface area (Å²) in [6, 6.07) is 1.36. The average molecular weight is 217 g/mol. The van der Waals surface area contributed by atoms with Crippen molar-refractivity contribution in [2.75, 3.05) is 18.6 Å². The molecule has 1 rings (SSSR count). The van der Waals surface area contributed by atoms with E-state index < -0.39 is 0 Å². The monoisotopic (exact) mass is 217 g/mol. The van der Waals surface area contributed by atoms with Crippen molar-refractivity contribution in [3.63, 3.8) is 0 Å². The molecule has 14 heavy (non-hydrogen) atoms. The van der Waals surface area contributed by atoms with Gasteiger partial charge in [-0.25, -0.2) is 0 Å². The predicted octanol–water partition coefficient (Wildman–Crippen LogP) is 2.29. The maximum atomic E-state index is 5.54. The van der Waals surface area contributed by atoms with Gasteiger partial charge in [0.1, 0.15) is 0 Å². The normalized spacial score (nSPS) is 30.2. The van der Waals surface area contributed by atoms with E-state index in [1.807, 2.05) is 11.8 Å². The van der Waals surface area contributed by atoms with E-state index in [0.29, 0.717) is 18.2 Å². The molecule has 1 aliphatic rings. The minimum atomic E-state index is 0.438. The van der Waals surface area contributed by atoms with Crippen LogP contribution in [-0.2, 0) is 4.74 Å². The summed E-state index contributed by atoms with van der Waals surface area (Å²) in [5, 5.41) is 3.74. The maximum Gasteiger partial charge on any atom is 0.0561 e. The molecule has 1 N–H and O–H groups in total. The van der Waals surface area contributed by atoms with E-state index in [1.165, 1.54) is 25.0 Å². The first-order valence-electron chi connectivity index (χ1n) is 5.62. The summed E-state index contributed by atoms with van der Waals surface area (Å²) in [5.74, 6) is 1.22. The molecule has 0 saturated carbocycles. The van der Waals surface area contributed by atoms with Crippen molar-refractivity contribution in [2.45, 2.75) is 51.3 Å². The molecule has 3 atom stereocenters. The summed E-state index contributed by atoms with van der Waals surface area (Å²) in [4.78, 5) is 0. The van der Waals surface area contributed by atoms with Gasteiger partial charge in [-0.2, -0.15) is 11.8 Å². The lowest BCUT2D eigenvalue weighted by molar-refractivity contribution is 0.0117. The van der Waals surface area contributed by atoms with Crippen molar-refractivity contribution in [2.24, 2.45) is 0 Å². The second kappa shape index (κ2) is 6.70. The van der Waals surface area contributed by atoms with Gasteiger partial charge in [-0.1, -0.05) is 6.92 Å². The summed E-state index contributed by atoms with van der Waals surface area (Å²) in [6.07, 6.45) is 6.19. The Kier molecular flexibility index (Phi) is 5.90. The number of hydrogen-bond donors (Lipinski definition) is 1. The molecular weight excluding hydrogens is 194 g/mol. The summed E-state index contributed by atoms with van der Waals surface area (Å²) in [5.41, 5.74) is 0. The van der Waals surface area contributed by atoms with E-state index in [2.05, 4.69) is 25.4 Å². The van der Waals surface area contributed by atoms with Gasteiger partial charge in [-0.05, 0) is 32.4 Å². The first-order valence-corrected chi connectivity index (χ1v) is 7.02. The SMILES string of the molecule is CCC(CSC)NC1CCOC(C)C1. The summed E-state index contributed by atoms with van der Waals surface area (Å²) < 4.78 is 5.54. The van der Waals surface area contributed by atoms with E-state index in [4.69, 9.17) is 4.74 Å². The highest BCUT2D eigenvalue weighted by Crippen LogP contribution is 2.15. The van der Waals surface area contributed by atoms with Crippen LogP contribution < -0.4 is 5.32 Å². The largest absolute Gasteiger partial charge is 0.378 e. The van der Waals surface area contributed by atoms with Crippen LogP contribution in [0.3, 0.4) is 0 Å². The highest BCUT2D eigenvalue weighted by atomic mass is 32.2. The van der Waals surface area contributed by atoms with Gasteiger partial charge in [-0.3, -0.25) is 0 Å². The molecule has 0 bridgehead atoms. The third-order valence-electron chi connectivity index (χ3n) is 2.82. The molecule has 0 aliphatic carbocycles. The fourth-order valence-electron chi connectivity index (χ4n) is 1.97. The van der Waals surface area contributed by atoms with Crippen LogP contribution in [0.5, 0.6) is 0 Å². The van der Waals surface area contributed by atoms with Gasteiger partial charge in [0.05, 0.1) is 6.10 Å². The van der Waals surface area contributed by atoms with Crippen molar-refractivity contribution < 1.29 is 4.74 Å². The third kappa shape index (κ3) is 4.20. The van der Waals surface area contributed by atoms with Crippen LogP contribution in [-0.4, -0.2) is 36.8 Å².